The van der Waals surface area contributed by atoms with Gasteiger partial charge in [0.15, 0.2) is 0 Å². The summed E-state index contributed by atoms with van der Waals surface area (Å²) in [5, 5.41) is 2.87. The molecule has 1 amide bonds. The molecule has 0 saturated carbocycles. The summed E-state index contributed by atoms with van der Waals surface area (Å²) >= 11 is 0. The van der Waals surface area contributed by atoms with E-state index in [9.17, 15) is 4.79 Å². The number of benzene rings is 1. The lowest BCUT2D eigenvalue weighted by atomic mass is 10.1. The number of carbonyl (C=O) groups excluding carboxylic acids is 1. The maximum absolute atomic E-state index is 12.0. The van der Waals surface area contributed by atoms with Crippen LogP contribution >= 0.6 is 0 Å². The highest BCUT2D eigenvalue weighted by atomic mass is 16.5. The smallest absolute Gasteiger partial charge is 0.251 e. The molecule has 1 aromatic rings. The average molecular weight is 305 g/mol. The van der Waals surface area contributed by atoms with Gasteiger partial charge in [-0.2, -0.15) is 0 Å². The fourth-order valence-electron chi connectivity index (χ4n) is 2.61. The van der Waals surface area contributed by atoms with Crippen molar-refractivity contribution in [1.29, 1.82) is 0 Å². The molecule has 0 atom stereocenters. The van der Waals surface area contributed by atoms with Crippen molar-refractivity contribution >= 4 is 11.6 Å². The van der Waals surface area contributed by atoms with Crippen LogP contribution in [0.15, 0.2) is 18.2 Å². The highest BCUT2D eigenvalue weighted by molar-refractivity contribution is 5.95. The number of piperidine rings is 1. The molecule has 22 heavy (non-hydrogen) atoms. The Labute approximate surface area is 132 Å². The van der Waals surface area contributed by atoms with Crippen molar-refractivity contribution < 1.29 is 9.53 Å². The molecule has 2 rings (SSSR count). The van der Waals surface area contributed by atoms with Gasteiger partial charge in [0, 0.05) is 18.2 Å². The molecule has 1 saturated heterocycles. The van der Waals surface area contributed by atoms with Crippen LogP contribution < -0.4 is 15.8 Å². The molecule has 1 aliphatic heterocycles. The number of anilines is 1. The normalized spacial score (nSPS) is 15.8. The minimum atomic E-state index is -0.101. The van der Waals surface area contributed by atoms with E-state index < -0.39 is 0 Å². The van der Waals surface area contributed by atoms with Gasteiger partial charge in [-0.1, -0.05) is 6.42 Å². The van der Waals surface area contributed by atoms with Gasteiger partial charge >= 0.3 is 0 Å². The molecule has 1 aromatic carbocycles. The molecule has 0 bridgehead atoms. The van der Waals surface area contributed by atoms with Crippen LogP contribution in [-0.4, -0.2) is 43.1 Å². The zero-order chi connectivity index (χ0) is 15.9. The van der Waals surface area contributed by atoms with Gasteiger partial charge in [0.05, 0.1) is 5.69 Å². The summed E-state index contributed by atoms with van der Waals surface area (Å²) < 4.78 is 5.79. The number of rotatable bonds is 6. The Hall–Kier alpha value is -1.75. The topological polar surface area (TPSA) is 67.6 Å². The number of likely N-dealkylation sites (tertiary alicyclic amines) is 1. The van der Waals surface area contributed by atoms with E-state index in [1.165, 1.54) is 19.3 Å². The monoisotopic (exact) mass is 305 g/mol. The molecule has 0 spiro atoms. The number of nitrogens with one attached hydrogen (secondary N) is 1. The molecule has 5 nitrogen and oxygen atoms in total. The molecule has 122 valence electrons. The standard InChI is InChI=1S/C17H27N3O2/c1-13(2)19-17(21)14-6-7-15(18)16(12-14)22-11-10-20-8-4-3-5-9-20/h6-7,12-13H,3-5,8-11,18H2,1-2H3,(H,19,21). The van der Waals surface area contributed by atoms with E-state index in [4.69, 9.17) is 10.5 Å². The summed E-state index contributed by atoms with van der Waals surface area (Å²) in [4.78, 5) is 14.4. The molecule has 0 aliphatic carbocycles. The van der Waals surface area contributed by atoms with E-state index in [1.54, 1.807) is 18.2 Å². The predicted octanol–water partition coefficient (Wildman–Crippen LogP) is 2.27. The first-order valence-electron chi connectivity index (χ1n) is 8.12. The summed E-state index contributed by atoms with van der Waals surface area (Å²) in [6, 6.07) is 5.28. The van der Waals surface area contributed by atoms with Crippen LogP contribution in [0.5, 0.6) is 5.75 Å². The van der Waals surface area contributed by atoms with Crippen LogP contribution in [-0.2, 0) is 0 Å². The first-order valence-corrected chi connectivity index (χ1v) is 8.12. The zero-order valence-corrected chi connectivity index (χ0v) is 13.6. The Kier molecular flexibility index (Phi) is 6.07. The van der Waals surface area contributed by atoms with Crippen LogP contribution in [0.2, 0.25) is 0 Å². The van der Waals surface area contributed by atoms with Crippen molar-refractivity contribution in [2.45, 2.75) is 39.2 Å². The van der Waals surface area contributed by atoms with Gasteiger partial charge in [-0.3, -0.25) is 9.69 Å². The second-order valence-corrected chi connectivity index (χ2v) is 6.13. The van der Waals surface area contributed by atoms with Crippen LogP contribution in [0.1, 0.15) is 43.5 Å². The van der Waals surface area contributed by atoms with Gasteiger partial charge in [-0.15, -0.1) is 0 Å². The lowest BCUT2D eigenvalue weighted by Crippen LogP contribution is -2.33. The fraction of sp³-hybridized carbons (Fsp3) is 0.588. The van der Waals surface area contributed by atoms with Gasteiger partial charge in [0.1, 0.15) is 12.4 Å². The third-order valence-corrected chi connectivity index (χ3v) is 3.81. The third kappa shape index (κ3) is 4.91. The zero-order valence-electron chi connectivity index (χ0n) is 13.6. The molecule has 1 heterocycles. The second kappa shape index (κ2) is 8.03. The predicted molar refractivity (Wildman–Crippen MR) is 89.2 cm³/mol. The number of nitrogens with two attached hydrogens (primary N) is 1. The van der Waals surface area contributed by atoms with Crippen molar-refractivity contribution in [2.24, 2.45) is 0 Å². The van der Waals surface area contributed by atoms with E-state index in [0.29, 0.717) is 23.6 Å². The van der Waals surface area contributed by atoms with Gasteiger partial charge in [-0.05, 0) is 58.0 Å². The largest absolute Gasteiger partial charge is 0.490 e. The number of ether oxygens (including phenoxy) is 1. The van der Waals surface area contributed by atoms with Gasteiger partial charge in [0.2, 0.25) is 0 Å². The number of nitrogens with zero attached hydrogens (tertiary/aromatic N) is 1. The van der Waals surface area contributed by atoms with Crippen molar-refractivity contribution in [3.05, 3.63) is 23.8 Å². The van der Waals surface area contributed by atoms with E-state index in [2.05, 4.69) is 10.2 Å². The average Bonchev–Trinajstić information content (AvgIpc) is 2.49. The molecular formula is C17H27N3O2. The van der Waals surface area contributed by atoms with Gasteiger partial charge in [-0.25, -0.2) is 0 Å². The Morgan fingerprint density at radius 1 is 1.32 bits per heavy atom. The van der Waals surface area contributed by atoms with E-state index in [0.717, 1.165) is 19.6 Å². The number of hydrogen-bond donors (Lipinski definition) is 2. The minimum Gasteiger partial charge on any atom is -0.490 e. The van der Waals surface area contributed by atoms with Crippen LogP contribution in [0.4, 0.5) is 5.69 Å². The first kappa shape index (κ1) is 16.6. The van der Waals surface area contributed by atoms with E-state index >= 15 is 0 Å². The second-order valence-electron chi connectivity index (χ2n) is 6.13. The Morgan fingerprint density at radius 3 is 2.73 bits per heavy atom. The Morgan fingerprint density at radius 2 is 2.05 bits per heavy atom. The summed E-state index contributed by atoms with van der Waals surface area (Å²) in [6.07, 6.45) is 3.87. The molecule has 0 aromatic heterocycles. The van der Waals surface area contributed by atoms with Crippen LogP contribution in [0.25, 0.3) is 0 Å². The minimum absolute atomic E-state index is 0.101. The van der Waals surface area contributed by atoms with Crippen molar-refractivity contribution in [3.63, 3.8) is 0 Å². The highest BCUT2D eigenvalue weighted by Gasteiger charge is 2.12. The third-order valence-electron chi connectivity index (χ3n) is 3.81. The van der Waals surface area contributed by atoms with Crippen molar-refractivity contribution in [2.75, 3.05) is 32.0 Å². The Bertz CT molecular complexity index is 497. The van der Waals surface area contributed by atoms with Crippen LogP contribution in [0.3, 0.4) is 0 Å². The molecule has 0 unspecified atom stereocenters. The maximum atomic E-state index is 12.0. The SMILES string of the molecule is CC(C)NC(=O)c1ccc(N)c(OCCN2CCCCC2)c1. The Balaban J connectivity index is 1.90. The number of amides is 1. The summed E-state index contributed by atoms with van der Waals surface area (Å²) in [5.41, 5.74) is 7.09. The molecule has 1 fully saturated rings. The fourth-order valence-corrected chi connectivity index (χ4v) is 2.61. The molecule has 5 heteroatoms. The van der Waals surface area contributed by atoms with Crippen molar-refractivity contribution in [1.82, 2.24) is 10.2 Å². The lowest BCUT2D eigenvalue weighted by Gasteiger charge is -2.26. The van der Waals surface area contributed by atoms with E-state index in [-0.39, 0.29) is 11.9 Å². The molecule has 0 radical (unpaired) electrons. The lowest BCUT2D eigenvalue weighted by molar-refractivity contribution is 0.0942. The van der Waals surface area contributed by atoms with E-state index in [1.807, 2.05) is 13.8 Å². The van der Waals surface area contributed by atoms with Gasteiger partial charge < -0.3 is 15.8 Å². The molecule has 1 aliphatic rings. The number of hydrogen-bond acceptors (Lipinski definition) is 4. The maximum Gasteiger partial charge on any atom is 0.251 e. The number of nitrogen functional groups attached to an aromatic ring is 1. The quantitative estimate of drug-likeness (QED) is 0.791. The molecular weight excluding hydrogens is 278 g/mol. The summed E-state index contributed by atoms with van der Waals surface area (Å²) in [5.74, 6) is 0.490. The first-order chi connectivity index (χ1) is 10.6. The van der Waals surface area contributed by atoms with Crippen LogP contribution in [0, 0.1) is 0 Å². The summed E-state index contributed by atoms with van der Waals surface area (Å²) in [7, 11) is 0. The highest BCUT2D eigenvalue weighted by Crippen LogP contribution is 2.23. The molecule has 3 N–H and O–H groups in total. The van der Waals surface area contributed by atoms with Gasteiger partial charge in [0.25, 0.3) is 5.91 Å². The number of carbonyl (C=O) groups is 1. The van der Waals surface area contributed by atoms with Crippen molar-refractivity contribution in [3.8, 4) is 5.75 Å². The summed E-state index contributed by atoms with van der Waals surface area (Å²) in [6.45, 7) is 7.67.